The Morgan fingerprint density at radius 2 is 2.00 bits per heavy atom. The van der Waals surface area contributed by atoms with E-state index in [2.05, 4.69) is 5.32 Å². The van der Waals surface area contributed by atoms with Crippen LogP contribution in [-0.4, -0.2) is 30.7 Å². The maximum Gasteiger partial charge on any atom is 0.223 e. The first-order valence-corrected chi connectivity index (χ1v) is 6.88. The number of nitrogens with two attached hydrogens (primary N) is 1. The molecule has 0 aliphatic heterocycles. The van der Waals surface area contributed by atoms with Crippen LogP contribution in [0.25, 0.3) is 0 Å². The molecule has 0 spiro atoms. The van der Waals surface area contributed by atoms with Gasteiger partial charge in [-0.05, 0) is 38.1 Å². The molecule has 0 bridgehead atoms. The van der Waals surface area contributed by atoms with E-state index in [0.29, 0.717) is 12.5 Å². The van der Waals surface area contributed by atoms with E-state index in [1.54, 1.807) is 0 Å². The van der Waals surface area contributed by atoms with Crippen LogP contribution < -0.4 is 11.1 Å². The van der Waals surface area contributed by atoms with Crippen LogP contribution in [0.2, 0.25) is 0 Å². The second-order valence-corrected chi connectivity index (χ2v) is 4.96. The third-order valence-corrected chi connectivity index (χ3v) is 3.68. The van der Waals surface area contributed by atoms with Gasteiger partial charge in [0.05, 0.1) is 0 Å². The molecule has 17 heavy (non-hydrogen) atoms. The fraction of sp³-hybridized carbons (Fsp3) is 0.923. The Balaban J connectivity index is 2.08. The Labute approximate surface area is 104 Å². The largest absolute Gasteiger partial charge is 0.396 e. The lowest BCUT2D eigenvalue weighted by Crippen LogP contribution is -2.35. The SMILES string of the molecule is NCC1CCCC1C(=O)NCCCCCCO. The molecule has 1 aliphatic carbocycles. The Hall–Kier alpha value is -0.610. The normalized spacial score (nSPS) is 23.9. The molecule has 1 fully saturated rings. The van der Waals surface area contributed by atoms with E-state index in [1.165, 1.54) is 0 Å². The number of carbonyl (C=O) groups excluding carboxylic acids is 1. The number of unbranched alkanes of at least 4 members (excludes halogenated alkanes) is 3. The van der Waals surface area contributed by atoms with Gasteiger partial charge in [-0.2, -0.15) is 0 Å². The predicted molar refractivity (Wildman–Crippen MR) is 68.4 cm³/mol. The first-order valence-electron chi connectivity index (χ1n) is 6.88. The van der Waals surface area contributed by atoms with Gasteiger partial charge in [-0.15, -0.1) is 0 Å². The van der Waals surface area contributed by atoms with Crippen molar-refractivity contribution < 1.29 is 9.90 Å². The van der Waals surface area contributed by atoms with Gasteiger partial charge >= 0.3 is 0 Å². The predicted octanol–water partition coefficient (Wildman–Crippen LogP) is 1.03. The minimum absolute atomic E-state index is 0.150. The van der Waals surface area contributed by atoms with Crippen molar-refractivity contribution in [2.75, 3.05) is 19.7 Å². The van der Waals surface area contributed by atoms with Gasteiger partial charge in [-0.1, -0.05) is 19.3 Å². The van der Waals surface area contributed by atoms with Crippen molar-refractivity contribution in [2.45, 2.75) is 44.9 Å². The lowest BCUT2D eigenvalue weighted by atomic mass is 9.95. The second-order valence-electron chi connectivity index (χ2n) is 4.96. The van der Waals surface area contributed by atoms with Crippen LogP contribution in [0.4, 0.5) is 0 Å². The van der Waals surface area contributed by atoms with Crippen molar-refractivity contribution in [3.63, 3.8) is 0 Å². The van der Waals surface area contributed by atoms with Crippen molar-refractivity contribution in [1.29, 1.82) is 0 Å². The molecule has 1 rings (SSSR count). The summed E-state index contributed by atoms with van der Waals surface area (Å²) < 4.78 is 0. The third-order valence-electron chi connectivity index (χ3n) is 3.68. The smallest absolute Gasteiger partial charge is 0.223 e. The minimum Gasteiger partial charge on any atom is -0.396 e. The summed E-state index contributed by atoms with van der Waals surface area (Å²) in [7, 11) is 0. The van der Waals surface area contributed by atoms with Crippen molar-refractivity contribution in [3.05, 3.63) is 0 Å². The van der Waals surface area contributed by atoms with Crippen LogP contribution in [0.3, 0.4) is 0 Å². The molecule has 0 aromatic heterocycles. The van der Waals surface area contributed by atoms with Crippen molar-refractivity contribution in [1.82, 2.24) is 5.32 Å². The number of amides is 1. The van der Waals surface area contributed by atoms with E-state index in [9.17, 15) is 4.79 Å². The van der Waals surface area contributed by atoms with Gasteiger partial charge in [0.25, 0.3) is 0 Å². The Morgan fingerprint density at radius 3 is 2.71 bits per heavy atom. The summed E-state index contributed by atoms with van der Waals surface area (Å²) in [5.74, 6) is 0.738. The molecule has 0 aromatic carbocycles. The molecule has 0 radical (unpaired) electrons. The zero-order valence-corrected chi connectivity index (χ0v) is 10.7. The zero-order chi connectivity index (χ0) is 12.5. The summed E-state index contributed by atoms with van der Waals surface area (Å²) >= 11 is 0. The van der Waals surface area contributed by atoms with Gasteiger partial charge in [0, 0.05) is 19.1 Å². The van der Waals surface area contributed by atoms with Gasteiger partial charge in [0.1, 0.15) is 0 Å². The highest BCUT2D eigenvalue weighted by atomic mass is 16.2. The van der Waals surface area contributed by atoms with Crippen LogP contribution in [0.15, 0.2) is 0 Å². The van der Waals surface area contributed by atoms with E-state index in [0.717, 1.165) is 51.5 Å². The number of rotatable bonds is 8. The molecule has 0 heterocycles. The number of carbonyl (C=O) groups is 1. The third kappa shape index (κ3) is 5.04. The number of aliphatic hydroxyl groups is 1. The first kappa shape index (κ1) is 14.5. The first-order chi connectivity index (χ1) is 8.29. The molecule has 2 unspecified atom stereocenters. The van der Waals surface area contributed by atoms with E-state index >= 15 is 0 Å². The van der Waals surface area contributed by atoms with E-state index < -0.39 is 0 Å². The van der Waals surface area contributed by atoms with Gasteiger partial charge in [0.2, 0.25) is 5.91 Å². The summed E-state index contributed by atoms with van der Waals surface area (Å²) in [5, 5.41) is 11.6. The number of nitrogens with one attached hydrogen (secondary N) is 1. The lowest BCUT2D eigenvalue weighted by Gasteiger charge is -2.17. The number of aliphatic hydroxyl groups excluding tert-OH is 1. The van der Waals surface area contributed by atoms with Crippen LogP contribution in [0.5, 0.6) is 0 Å². The number of hydrogen-bond donors (Lipinski definition) is 3. The highest BCUT2D eigenvalue weighted by Crippen LogP contribution is 2.30. The molecule has 0 saturated heterocycles. The molecule has 4 nitrogen and oxygen atoms in total. The molecule has 100 valence electrons. The van der Waals surface area contributed by atoms with Crippen LogP contribution in [-0.2, 0) is 4.79 Å². The van der Waals surface area contributed by atoms with Crippen molar-refractivity contribution >= 4 is 5.91 Å². The van der Waals surface area contributed by atoms with E-state index in [-0.39, 0.29) is 18.4 Å². The van der Waals surface area contributed by atoms with Crippen molar-refractivity contribution in [3.8, 4) is 0 Å². The number of hydrogen-bond acceptors (Lipinski definition) is 3. The molecule has 2 atom stereocenters. The second kappa shape index (κ2) is 8.48. The van der Waals surface area contributed by atoms with Gasteiger partial charge in [-0.3, -0.25) is 4.79 Å². The van der Waals surface area contributed by atoms with E-state index in [1.807, 2.05) is 0 Å². The van der Waals surface area contributed by atoms with Crippen LogP contribution in [0, 0.1) is 11.8 Å². The topological polar surface area (TPSA) is 75.4 Å². The fourth-order valence-electron chi connectivity index (χ4n) is 2.60. The maximum atomic E-state index is 11.9. The summed E-state index contributed by atoms with van der Waals surface area (Å²) in [6, 6.07) is 0. The Kier molecular flexibility index (Phi) is 7.21. The van der Waals surface area contributed by atoms with Crippen LogP contribution >= 0.6 is 0 Å². The molecule has 0 aromatic rings. The maximum absolute atomic E-state index is 11.9. The molecule has 4 heteroatoms. The summed E-state index contributed by atoms with van der Waals surface area (Å²) in [6.07, 6.45) is 7.23. The van der Waals surface area contributed by atoms with Gasteiger partial charge in [-0.25, -0.2) is 0 Å². The molecular weight excluding hydrogens is 216 g/mol. The molecule has 4 N–H and O–H groups in total. The summed E-state index contributed by atoms with van der Waals surface area (Å²) in [6.45, 7) is 1.67. The lowest BCUT2D eigenvalue weighted by molar-refractivity contribution is -0.125. The Bertz CT molecular complexity index is 221. The monoisotopic (exact) mass is 242 g/mol. The molecule has 1 aliphatic rings. The minimum atomic E-state index is 0.150. The Morgan fingerprint density at radius 1 is 1.24 bits per heavy atom. The molecular formula is C13H26N2O2. The summed E-state index contributed by atoms with van der Waals surface area (Å²) in [4.78, 5) is 11.9. The quantitative estimate of drug-likeness (QED) is 0.556. The summed E-state index contributed by atoms with van der Waals surface area (Å²) in [5.41, 5.74) is 5.67. The molecule has 1 saturated carbocycles. The highest BCUT2D eigenvalue weighted by Gasteiger charge is 2.31. The standard InChI is InChI=1S/C13H26N2O2/c14-10-11-6-5-7-12(11)13(17)15-8-3-1-2-4-9-16/h11-12,16H,1-10,14H2,(H,15,17). The average Bonchev–Trinajstić information content (AvgIpc) is 2.81. The van der Waals surface area contributed by atoms with Gasteiger partial charge < -0.3 is 16.2 Å². The van der Waals surface area contributed by atoms with E-state index in [4.69, 9.17) is 10.8 Å². The van der Waals surface area contributed by atoms with Gasteiger partial charge in [0.15, 0.2) is 0 Å². The fourth-order valence-corrected chi connectivity index (χ4v) is 2.60. The average molecular weight is 242 g/mol. The highest BCUT2D eigenvalue weighted by molar-refractivity contribution is 5.79. The van der Waals surface area contributed by atoms with Crippen molar-refractivity contribution in [2.24, 2.45) is 17.6 Å². The molecule has 1 amide bonds. The zero-order valence-electron chi connectivity index (χ0n) is 10.7. The van der Waals surface area contributed by atoms with Crippen LogP contribution in [0.1, 0.15) is 44.9 Å².